The Hall–Kier alpha value is -4.24. The Kier molecular flexibility index (Phi) is 6.55. The fourth-order valence-corrected chi connectivity index (χ4v) is 4.24. The molecule has 4 rings (SSSR count). The van der Waals surface area contributed by atoms with E-state index in [-0.39, 0.29) is 4.90 Å². The molecule has 2 N–H and O–H groups in total. The first-order valence-corrected chi connectivity index (χ1v) is 11.8. The van der Waals surface area contributed by atoms with Gasteiger partial charge in [-0.15, -0.1) is 0 Å². The van der Waals surface area contributed by atoms with E-state index < -0.39 is 15.9 Å². The Morgan fingerprint density at radius 3 is 2.29 bits per heavy atom. The van der Waals surface area contributed by atoms with Gasteiger partial charge in [0.25, 0.3) is 10.0 Å². The van der Waals surface area contributed by atoms with Crippen molar-refractivity contribution in [3.8, 4) is 5.75 Å². The highest BCUT2D eigenvalue weighted by Gasteiger charge is 2.15. The summed E-state index contributed by atoms with van der Waals surface area (Å²) in [4.78, 5) is 20.4. The molecule has 0 spiro atoms. The minimum absolute atomic E-state index is 0.0103. The number of nitrogens with zero attached hydrogens (tertiary/aromatic N) is 2. The summed E-state index contributed by atoms with van der Waals surface area (Å²) >= 11 is 0. The van der Waals surface area contributed by atoms with Crippen molar-refractivity contribution < 1.29 is 17.9 Å². The Morgan fingerprint density at radius 2 is 1.62 bits per heavy atom. The van der Waals surface area contributed by atoms with E-state index in [1.807, 2.05) is 65.4 Å². The van der Waals surface area contributed by atoms with E-state index >= 15 is 0 Å². The molecule has 0 aliphatic rings. The predicted octanol–water partition coefficient (Wildman–Crippen LogP) is 4.38. The van der Waals surface area contributed by atoms with Crippen molar-refractivity contribution in [3.05, 3.63) is 84.2 Å². The molecule has 0 bridgehead atoms. The van der Waals surface area contributed by atoms with Gasteiger partial charge in [-0.3, -0.25) is 4.79 Å². The van der Waals surface area contributed by atoms with E-state index in [0.717, 1.165) is 29.1 Å². The molecule has 9 heteroatoms. The van der Waals surface area contributed by atoms with Crippen LogP contribution in [-0.4, -0.2) is 31.4 Å². The van der Waals surface area contributed by atoms with E-state index in [1.54, 1.807) is 19.2 Å². The van der Waals surface area contributed by atoms with Crippen LogP contribution in [0.1, 0.15) is 18.3 Å². The van der Waals surface area contributed by atoms with E-state index in [2.05, 4.69) is 15.3 Å². The average Bonchev–Trinajstić information content (AvgIpc) is 2.82. The number of hydrogen-bond donors (Lipinski definition) is 2. The molecule has 0 saturated carbocycles. The molecule has 8 nitrogen and oxygen atoms in total. The molecule has 0 radical (unpaired) electrons. The van der Waals surface area contributed by atoms with Gasteiger partial charge in [0, 0.05) is 18.0 Å². The molecule has 1 amide bonds. The van der Waals surface area contributed by atoms with Gasteiger partial charge < -0.3 is 10.1 Å². The van der Waals surface area contributed by atoms with Crippen LogP contribution in [0.4, 0.5) is 11.5 Å². The van der Waals surface area contributed by atoms with Crippen molar-refractivity contribution in [2.24, 2.45) is 0 Å². The van der Waals surface area contributed by atoms with Crippen LogP contribution in [0.2, 0.25) is 0 Å². The van der Waals surface area contributed by atoms with Crippen molar-refractivity contribution in [3.63, 3.8) is 0 Å². The van der Waals surface area contributed by atoms with Crippen molar-refractivity contribution >= 4 is 50.5 Å². The zero-order chi connectivity index (χ0) is 24.1. The molecule has 3 aromatic carbocycles. The third-order valence-corrected chi connectivity index (χ3v) is 6.32. The predicted molar refractivity (Wildman–Crippen MR) is 132 cm³/mol. The standard InChI is InChI=1S/C25H22N4O4S/c1-17(30)29-34(31,32)21-14-10-19(11-15-21)26-25-22-5-3-4-6-23(22)27-24(28-25)16-9-18-7-12-20(33-2)13-8-18/h3-16H,1-2H3,(H,29,30)(H,26,27,28)/b16-9+. The zero-order valence-electron chi connectivity index (χ0n) is 18.5. The number of rotatable bonds is 7. The van der Waals surface area contributed by atoms with Crippen molar-refractivity contribution in [1.82, 2.24) is 14.7 Å². The summed E-state index contributed by atoms with van der Waals surface area (Å²) in [7, 11) is -2.28. The number of para-hydroxylation sites is 1. The van der Waals surface area contributed by atoms with E-state index in [4.69, 9.17) is 4.74 Å². The van der Waals surface area contributed by atoms with Gasteiger partial charge in [0.15, 0.2) is 5.82 Å². The van der Waals surface area contributed by atoms with Gasteiger partial charge in [0.2, 0.25) is 5.91 Å². The number of benzene rings is 3. The van der Waals surface area contributed by atoms with Gasteiger partial charge in [-0.1, -0.05) is 30.3 Å². The first kappa shape index (κ1) is 22.9. The smallest absolute Gasteiger partial charge is 0.264 e. The number of carbonyl (C=O) groups excluding carboxylic acids is 1. The van der Waals surface area contributed by atoms with Crippen LogP contribution >= 0.6 is 0 Å². The van der Waals surface area contributed by atoms with E-state index in [0.29, 0.717) is 17.3 Å². The number of anilines is 2. The van der Waals surface area contributed by atoms with Gasteiger partial charge in [-0.2, -0.15) is 0 Å². The number of amides is 1. The van der Waals surface area contributed by atoms with Crippen LogP contribution < -0.4 is 14.8 Å². The Morgan fingerprint density at radius 1 is 0.912 bits per heavy atom. The number of hydrogen-bond acceptors (Lipinski definition) is 7. The molecular weight excluding hydrogens is 452 g/mol. The molecule has 0 aliphatic carbocycles. The molecule has 4 aromatic rings. The molecule has 172 valence electrons. The summed E-state index contributed by atoms with van der Waals surface area (Å²) in [5.41, 5.74) is 2.37. The van der Waals surface area contributed by atoms with Crippen LogP contribution in [0, 0.1) is 0 Å². The summed E-state index contributed by atoms with van der Waals surface area (Å²) in [6.07, 6.45) is 3.73. The van der Waals surface area contributed by atoms with Crippen LogP contribution in [0.25, 0.3) is 23.1 Å². The Balaban J connectivity index is 1.63. The second kappa shape index (κ2) is 9.72. The third-order valence-electron chi connectivity index (χ3n) is 4.87. The van der Waals surface area contributed by atoms with Gasteiger partial charge in [0.05, 0.1) is 17.5 Å². The second-order valence-electron chi connectivity index (χ2n) is 7.37. The van der Waals surface area contributed by atoms with Gasteiger partial charge in [-0.05, 0) is 60.2 Å². The number of nitrogens with one attached hydrogen (secondary N) is 2. The van der Waals surface area contributed by atoms with Crippen LogP contribution in [0.3, 0.4) is 0 Å². The van der Waals surface area contributed by atoms with Crippen molar-refractivity contribution in [2.75, 3.05) is 12.4 Å². The van der Waals surface area contributed by atoms with Crippen LogP contribution in [-0.2, 0) is 14.8 Å². The number of ether oxygens (including phenoxy) is 1. The molecule has 0 saturated heterocycles. The Bertz CT molecular complexity index is 1470. The minimum Gasteiger partial charge on any atom is -0.497 e. The molecule has 0 atom stereocenters. The summed E-state index contributed by atoms with van der Waals surface area (Å²) in [5.74, 6) is 1.23. The van der Waals surface area contributed by atoms with Crippen LogP contribution in [0.15, 0.2) is 77.7 Å². The molecule has 1 aromatic heterocycles. The Labute approximate surface area is 197 Å². The lowest BCUT2D eigenvalue weighted by Crippen LogP contribution is -2.28. The summed E-state index contributed by atoms with van der Waals surface area (Å²) in [5, 5.41) is 4.05. The van der Waals surface area contributed by atoms with Gasteiger partial charge in [0.1, 0.15) is 11.6 Å². The lowest BCUT2D eigenvalue weighted by atomic mass is 10.2. The van der Waals surface area contributed by atoms with Crippen molar-refractivity contribution in [1.29, 1.82) is 0 Å². The monoisotopic (exact) mass is 474 g/mol. The van der Waals surface area contributed by atoms with Gasteiger partial charge >= 0.3 is 0 Å². The molecular formula is C25H22N4O4S. The maximum absolute atomic E-state index is 12.2. The first-order valence-electron chi connectivity index (χ1n) is 10.3. The SMILES string of the molecule is COc1ccc(/C=C/c2nc(Nc3ccc(S(=O)(=O)NC(C)=O)cc3)c3ccccc3n2)cc1. The number of sulfonamides is 1. The lowest BCUT2D eigenvalue weighted by molar-refractivity contribution is -0.117. The van der Waals surface area contributed by atoms with E-state index in [1.165, 1.54) is 12.1 Å². The van der Waals surface area contributed by atoms with Gasteiger partial charge in [-0.25, -0.2) is 23.1 Å². The normalized spacial score (nSPS) is 11.5. The van der Waals surface area contributed by atoms with E-state index in [9.17, 15) is 13.2 Å². The maximum atomic E-state index is 12.2. The molecule has 0 unspecified atom stereocenters. The molecule has 34 heavy (non-hydrogen) atoms. The quantitative estimate of drug-likeness (QED) is 0.409. The number of carbonyl (C=O) groups is 1. The summed E-state index contributed by atoms with van der Waals surface area (Å²) in [6.45, 7) is 1.15. The highest BCUT2D eigenvalue weighted by molar-refractivity contribution is 7.90. The molecule has 1 heterocycles. The summed E-state index contributed by atoms with van der Waals surface area (Å²) < 4.78 is 31.5. The lowest BCUT2D eigenvalue weighted by Gasteiger charge is -2.11. The fourth-order valence-electron chi connectivity index (χ4n) is 3.25. The van der Waals surface area contributed by atoms with Crippen LogP contribution in [0.5, 0.6) is 5.75 Å². The number of aromatic nitrogens is 2. The topological polar surface area (TPSA) is 110 Å². The third kappa shape index (κ3) is 5.38. The minimum atomic E-state index is -3.90. The highest BCUT2D eigenvalue weighted by Crippen LogP contribution is 2.25. The first-order chi connectivity index (χ1) is 16.3. The average molecular weight is 475 g/mol. The molecule has 0 aliphatic heterocycles. The highest BCUT2D eigenvalue weighted by atomic mass is 32.2. The number of methoxy groups -OCH3 is 1. The van der Waals surface area contributed by atoms with Crippen molar-refractivity contribution in [2.45, 2.75) is 11.8 Å². The largest absolute Gasteiger partial charge is 0.497 e. The number of fused-ring (bicyclic) bond motifs is 1. The maximum Gasteiger partial charge on any atom is 0.264 e. The summed E-state index contributed by atoms with van der Waals surface area (Å²) in [6, 6.07) is 21.3. The second-order valence-corrected chi connectivity index (χ2v) is 9.05. The molecule has 0 fully saturated rings. The zero-order valence-corrected chi connectivity index (χ0v) is 19.3. The fraction of sp³-hybridized carbons (Fsp3) is 0.0800.